The Labute approximate surface area is 387 Å². The number of allylic oxidation sites excluding steroid dienone is 1. The summed E-state index contributed by atoms with van der Waals surface area (Å²) in [6.07, 6.45) is 10.1. The van der Waals surface area contributed by atoms with Crippen LogP contribution in [0.25, 0.3) is 16.9 Å². The Morgan fingerprint density at radius 1 is 0.851 bits per heavy atom. The summed E-state index contributed by atoms with van der Waals surface area (Å²) in [5, 5.41) is 17.3. The van der Waals surface area contributed by atoms with E-state index in [1.54, 1.807) is 33.8 Å². The fraction of sp³-hybridized carbons (Fsp3) is 0.440. The van der Waals surface area contributed by atoms with Crippen molar-refractivity contribution < 1.29 is 24.3 Å². The van der Waals surface area contributed by atoms with E-state index >= 15 is 0 Å². The SMILES string of the molecule is C=CCn1c(=O)c2cnc(Nc3ccc(N4CCC5(CCN(CC6CN(c7ccc8c(c7)C(=O)N(C7CCC(=O)NC7=O)C8=O)C6)CC5)CC4)cc3)nc2n1-c1ccc2c(n1)[C@@](O)(CC)CC2. The molecule has 2 atom stereocenters. The number of likely N-dealkylation sites (tertiary alicyclic amines) is 1. The molecule has 17 nitrogen and oxygen atoms in total. The lowest BCUT2D eigenvalue weighted by Crippen LogP contribution is -2.54. The number of pyridine rings is 1. The number of nitrogens with one attached hydrogen (secondary N) is 2. The van der Waals surface area contributed by atoms with Gasteiger partial charge < -0.3 is 25.1 Å². The number of imide groups is 2. The lowest BCUT2D eigenvalue weighted by Gasteiger charge is -2.49. The molecule has 4 fully saturated rings. The predicted molar refractivity (Wildman–Crippen MR) is 252 cm³/mol. The molecule has 8 heterocycles. The van der Waals surface area contributed by atoms with Gasteiger partial charge in [-0.25, -0.2) is 19.3 Å². The van der Waals surface area contributed by atoms with Gasteiger partial charge in [-0.2, -0.15) is 4.98 Å². The molecule has 3 N–H and O–H groups in total. The van der Waals surface area contributed by atoms with Crippen molar-refractivity contribution in [3.05, 3.63) is 106 Å². The van der Waals surface area contributed by atoms with Crippen LogP contribution in [0.2, 0.25) is 0 Å². The van der Waals surface area contributed by atoms with Crippen LogP contribution in [0.15, 0.2) is 78.2 Å². The fourth-order valence-corrected chi connectivity index (χ4v) is 11.4. The number of hydrogen-bond acceptors (Lipinski definition) is 13. The first-order valence-electron chi connectivity index (χ1n) is 23.7. The predicted octanol–water partition coefficient (Wildman–Crippen LogP) is 4.67. The molecule has 0 radical (unpaired) electrons. The van der Waals surface area contributed by atoms with Crippen LogP contribution in [0, 0.1) is 11.3 Å². The first-order valence-corrected chi connectivity index (χ1v) is 23.7. The molecule has 0 saturated carbocycles. The maximum Gasteiger partial charge on any atom is 0.278 e. The summed E-state index contributed by atoms with van der Waals surface area (Å²) in [5.74, 6) is -0.559. The Hall–Kier alpha value is -6.72. The number of aliphatic hydroxyl groups is 1. The first kappa shape index (κ1) is 42.9. The van der Waals surface area contributed by atoms with Crippen LogP contribution in [0.5, 0.6) is 0 Å². The summed E-state index contributed by atoms with van der Waals surface area (Å²) >= 11 is 0. The molecule has 4 saturated heterocycles. The standard InChI is InChI=1S/C50H55N11O6/c1-3-21-59-45(64)38-27-51-48(55-43(38)61(59)40-13-5-32-15-16-50(67,4-2)42(32)53-40)52-33-6-8-34(9-7-33)57-24-19-49(20-25-57)17-22-56(23-18-49)28-31-29-58(30-31)35-10-11-36-37(26-35)47(66)60(46(36)65)39-12-14-41(62)54-44(39)63/h3,5-11,13,26-27,31,39,67H,1,4,12,14-25,28-30H2,2H3,(H,51,52,55)(H,54,62,63)/t39?,50-/m1/s1. The molecular weight excluding hydrogens is 851 g/mol. The molecule has 17 heteroatoms. The molecule has 6 aliphatic rings. The number of carbonyl (C=O) groups excluding carboxylic acids is 4. The van der Waals surface area contributed by atoms with Gasteiger partial charge in [0.1, 0.15) is 17.0 Å². The Bertz CT molecular complexity index is 2900. The number of aromatic nitrogens is 5. The highest BCUT2D eigenvalue weighted by Crippen LogP contribution is 2.43. The highest BCUT2D eigenvalue weighted by molar-refractivity contribution is 6.23. The van der Waals surface area contributed by atoms with Gasteiger partial charge in [0.25, 0.3) is 17.4 Å². The average Bonchev–Trinajstić information content (AvgIpc) is 3.90. The summed E-state index contributed by atoms with van der Waals surface area (Å²) in [6.45, 7) is 13.1. The zero-order valence-corrected chi connectivity index (χ0v) is 37.7. The van der Waals surface area contributed by atoms with Gasteiger partial charge in [0.15, 0.2) is 11.5 Å². The topological polar surface area (TPSA) is 191 Å². The number of benzene rings is 2. The average molecular weight is 906 g/mol. The summed E-state index contributed by atoms with van der Waals surface area (Å²) in [6, 6.07) is 16.6. The third-order valence-corrected chi connectivity index (χ3v) is 15.5. The number of nitrogens with zero attached hydrogens (tertiary/aromatic N) is 9. The molecule has 5 aliphatic heterocycles. The lowest BCUT2D eigenvalue weighted by atomic mass is 9.71. The van der Waals surface area contributed by atoms with Crippen molar-refractivity contribution in [1.82, 2.24) is 39.4 Å². The van der Waals surface area contributed by atoms with Crippen molar-refractivity contribution in [2.24, 2.45) is 11.3 Å². The summed E-state index contributed by atoms with van der Waals surface area (Å²) in [5.41, 5.74) is 4.76. The van der Waals surface area contributed by atoms with Crippen molar-refractivity contribution >= 4 is 57.7 Å². The number of rotatable bonds is 11. The van der Waals surface area contributed by atoms with Crippen molar-refractivity contribution in [1.29, 1.82) is 0 Å². The second kappa shape index (κ2) is 16.6. The van der Waals surface area contributed by atoms with Crippen LogP contribution in [-0.2, 0) is 28.2 Å². The van der Waals surface area contributed by atoms with Crippen LogP contribution in [0.3, 0.4) is 0 Å². The number of amides is 4. The lowest BCUT2D eigenvalue weighted by molar-refractivity contribution is -0.136. The molecule has 0 bridgehead atoms. The van der Waals surface area contributed by atoms with Crippen LogP contribution in [0.4, 0.5) is 23.0 Å². The van der Waals surface area contributed by atoms with Crippen molar-refractivity contribution in [3.8, 4) is 5.82 Å². The van der Waals surface area contributed by atoms with Gasteiger partial charge in [0.2, 0.25) is 17.8 Å². The van der Waals surface area contributed by atoms with E-state index in [9.17, 15) is 29.1 Å². The number of piperidine rings is 3. The third kappa shape index (κ3) is 7.48. The van der Waals surface area contributed by atoms with Gasteiger partial charge in [0, 0.05) is 68.3 Å². The highest BCUT2D eigenvalue weighted by atomic mass is 16.3. The second-order valence-electron chi connectivity index (χ2n) is 19.4. The quantitative estimate of drug-likeness (QED) is 0.123. The largest absolute Gasteiger partial charge is 0.384 e. The minimum Gasteiger partial charge on any atom is -0.384 e. The van der Waals surface area contributed by atoms with E-state index in [0.717, 1.165) is 86.9 Å². The van der Waals surface area contributed by atoms with E-state index in [1.165, 1.54) is 18.5 Å². The molecule has 3 aromatic heterocycles. The first-order chi connectivity index (χ1) is 32.4. The van der Waals surface area contributed by atoms with E-state index in [4.69, 9.17) is 9.97 Å². The zero-order chi connectivity index (χ0) is 46.2. The summed E-state index contributed by atoms with van der Waals surface area (Å²) < 4.78 is 3.25. The van der Waals surface area contributed by atoms with Crippen molar-refractivity contribution in [2.45, 2.75) is 82.9 Å². The zero-order valence-electron chi connectivity index (χ0n) is 37.7. The molecule has 2 aromatic carbocycles. The van der Waals surface area contributed by atoms with Crippen LogP contribution < -0.4 is 26.0 Å². The van der Waals surface area contributed by atoms with E-state index < -0.39 is 29.4 Å². The Morgan fingerprint density at radius 3 is 2.31 bits per heavy atom. The molecule has 5 aromatic rings. The van der Waals surface area contributed by atoms with Crippen LogP contribution in [0.1, 0.15) is 90.3 Å². The number of anilines is 4. The number of hydrogen-bond donors (Lipinski definition) is 3. The molecular formula is C50H55N11O6. The maximum absolute atomic E-state index is 13.6. The smallest absolute Gasteiger partial charge is 0.278 e. The molecule has 67 heavy (non-hydrogen) atoms. The number of carbonyl (C=O) groups is 4. The Balaban J connectivity index is 0.672. The normalized spacial score (nSPS) is 22.9. The van der Waals surface area contributed by atoms with Crippen molar-refractivity contribution in [2.75, 3.05) is 60.9 Å². The third-order valence-electron chi connectivity index (χ3n) is 15.5. The van der Waals surface area contributed by atoms with E-state index in [2.05, 4.69) is 49.0 Å². The van der Waals surface area contributed by atoms with Crippen LogP contribution >= 0.6 is 0 Å². The van der Waals surface area contributed by atoms with Gasteiger partial charge >= 0.3 is 0 Å². The minimum absolute atomic E-state index is 0.0961. The van der Waals surface area contributed by atoms with Crippen LogP contribution in [-0.4, -0.2) is 115 Å². The van der Waals surface area contributed by atoms with Gasteiger partial charge in [-0.1, -0.05) is 19.1 Å². The number of aryl methyl sites for hydroxylation is 1. The van der Waals surface area contributed by atoms with Crippen molar-refractivity contribution in [3.63, 3.8) is 0 Å². The molecule has 11 rings (SSSR count). The molecule has 1 aliphatic carbocycles. The fourth-order valence-electron chi connectivity index (χ4n) is 11.4. The summed E-state index contributed by atoms with van der Waals surface area (Å²) in [7, 11) is 0. The monoisotopic (exact) mass is 905 g/mol. The highest BCUT2D eigenvalue weighted by Gasteiger charge is 2.46. The Kier molecular flexibility index (Phi) is 10.6. The van der Waals surface area contributed by atoms with Gasteiger partial charge in [-0.15, -0.1) is 6.58 Å². The molecule has 1 spiro atoms. The molecule has 4 amide bonds. The second-order valence-corrected chi connectivity index (χ2v) is 19.4. The summed E-state index contributed by atoms with van der Waals surface area (Å²) in [4.78, 5) is 86.8. The molecule has 1 unspecified atom stereocenters. The van der Waals surface area contributed by atoms with E-state index in [-0.39, 0.29) is 30.9 Å². The minimum atomic E-state index is -0.999. The van der Waals surface area contributed by atoms with Gasteiger partial charge in [0.05, 0.1) is 23.4 Å². The molecule has 346 valence electrons. The van der Waals surface area contributed by atoms with E-state index in [0.29, 0.717) is 63.8 Å². The van der Waals surface area contributed by atoms with Gasteiger partial charge in [-0.3, -0.25) is 34.2 Å². The van der Waals surface area contributed by atoms with Gasteiger partial charge in [-0.05, 0) is 124 Å². The van der Waals surface area contributed by atoms with E-state index in [1.807, 2.05) is 37.3 Å². The maximum atomic E-state index is 13.6. The number of fused-ring (bicyclic) bond motifs is 3. The Morgan fingerprint density at radius 2 is 1.58 bits per heavy atom.